The summed E-state index contributed by atoms with van der Waals surface area (Å²) in [5, 5.41) is 8.80. The number of hydrogen-bond acceptors (Lipinski definition) is 4. The fraction of sp³-hybridized carbons (Fsp3) is 0.143. The molecule has 0 saturated heterocycles. The topological polar surface area (TPSA) is 85.4 Å². The average molecular weight is 337 g/mol. The standard InChI is InChI=1S/C14H13BrN2O3/c15-10-4-5-13(17-8-10)20-11-3-1-2-9(6-11)7-12(16)14(18)19/h1-6,8,12H,7,16H2,(H,18,19). The van der Waals surface area contributed by atoms with Crippen LogP contribution in [0.4, 0.5) is 0 Å². The van der Waals surface area contributed by atoms with Crippen LogP contribution >= 0.6 is 15.9 Å². The summed E-state index contributed by atoms with van der Waals surface area (Å²) in [6.45, 7) is 0. The maximum Gasteiger partial charge on any atom is 0.320 e. The number of halogens is 1. The second-order valence-electron chi connectivity index (χ2n) is 4.21. The molecule has 1 aromatic heterocycles. The summed E-state index contributed by atoms with van der Waals surface area (Å²) in [4.78, 5) is 14.8. The van der Waals surface area contributed by atoms with Crippen LogP contribution in [0.2, 0.25) is 0 Å². The highest BCUT2D eigenvalue weighted by Gasteiger charge is 2.12. The van der Waals surface area contributed by atoms with Crippen molar-refractivity contribution in [3.05, 3.63) is 52.6 Å². The zero-order chi connectivity index (χ0) is 14.5. The van der Waals surface area contributed by atoms with Crippen LogP contribution in [0.25, 0.3) is 0 Å². The Kier molecular flexibility index (Phi) is 4.70. The first-order chi connectivity index (χ1) is 9.54. The maximum atomic E-state index is 10.7. The normalized spacial score (nSPS) is 11.9. The number of ether oxygens (including phenoxy) is 1. The van der Waals surface area contributed by atoms with Crippen molar-refractivity contribution >= 4 is 21.9 Å². The first-order valence-corrected chi connectivity index (χ1v) is 6.70. The van der Waals surface area contributed by atoms with Gasteiger partial charge in [0, 0.05) is 16.7 Å². The van der Waals surface area contributed by atoms with E-state index in [1.54, 1.807) is 30.5 Å². The molecular formula is C14H13BrN2O3. The fourth-order valence-electron chi connectivity index (χ4n) is 1.62. The van der Waals surface area contributed by atoms with Crippen LogP contribution in [0, 0.1) is 0 Å². The van der Waals surface area contributed by atoms with Crippen LogP contribution in [0.1, 0.15) is 5.56 Å². The Morgan fingerprint density at radius 1 is 1.40 bits per heavy atom. The van der Waals surface area contributed by atoms with Crippen molar-refractivity contribution in [1.82, 2.24) is 4.98 Å². The van der Waals surface area contributed by atoms with Crippen molar-refractivity contribution in [2.75, 3.05) is 0 Å². The number of carbonyl (C=O) groups is 1. The summed E-state index contributed by atoms with van der Waals surface area (Å²) in [7, 11) is 0. The van der Waals surface area contributed by atoms with Crippen LogP contribution < -0.4 is 10.5 Å². The lowest BCUT2D eigenvalue weighted by Gasteiger charge is -2.09. The summed E-state index contributed by atoms with van der Waals surface area (Å²) in [5.74, 6) is 0.0358. The molecule has 0 amide bonds. The Balaban J connectivity index is 2.09. The molecule has 3 N–H and O–H groups in total. The van der Waals surface area contributed by atoms with E-state index in [0.717, 1.165) is 10.0 Å². The highest BCUT2D eigenvalue weighted by Crippen LogP contribution is 2.22. The van der Waals surface area contributed by atoms with Gasteiger partial charge in [0.1, 0.15) is 11.8 Å². The second kappa shape index (κ2) is 6.49. The van der Waals surface area contributed by atoms with Crippen molar-refractivity contribution in [3.8, 4) is 11.6 Å². The Morgan fingerprint density at radius 3 is 2.85 bits per heavy atom. The minimum Gasteiger partial charge on any atom is -0.480 e. The molecule has 104 valence electrons. The number of benzene rings is 1. The third kappa shape index (κ3) is 4.04. The van der Waals surface area contributed by atoms with E-state index in [9.17, 15) is 4.79 Å². The van der Waals surface area contributed by atoms with Gasteiger partial charge >= 0.3 is 5.97 Å². The highest BCUT2D eigenvalue weighted by molar-refractivity contribution is 9.10. The largest absolute Gasteiger partial charge is 0.480 e. The summed E-state index contributed by atoms with van der Waals surface area (Å²) in [6.07, 6.45) is 1.89. The monoisotopic (exact) mass is 336 g/mol. The maximum absolute atomic E-state index is 10.7. The number of rotatable bonds is 5. The van der Waals surface area contributed by atoms with E-state index in [-0.39, 0.29) is 6.42 Å². The Morgan fingerprint density at radius 2 is 2.20 bits per heavy atom. The lowest BCUT2D eigenvalue weighted by Crippen LogP contribution is -2.32. The van der Waals surface area contributed by atoms with Gasteiger partial charge in [-0.15, -0.1) is 0 Å². The fourth-order valence-corrected chi connectivity index (χ4v) is 1.86. The lowest BCUT2D eigenvalue weighted by atomic mass is 10.1. The van der Waals surface area contributed by atoms with Crippen molar-refractivity contribution in [1.29, 1.82) is 0 Å². The van der Waals surface area contributed by atoms with E-state index in [0.29, 0.717) is 11.6 Å². The Labute approximate surface area is 124 Å². The first kappa shape index (κ1) is 14.5. The van der Waals surface area contributed by atoms with Crippen molar-refractivity contribution in [3.63, 3.8) is 0 Å². The molecule has 1 unspecified atom stereocenters. The molecule has 0 spiro atoms. The summed E-state index contributed by atoms with van der Waals surface area (Å²) < 4.78 is 6.46. The van der Waals surface area contributed by atoms with Crippen molar-refractivity contribution < 1.29 is 14.6 Å². The van der Waals surface area contributed by atoms with E-state index >= 15 is 0 Å². The smallest absolute Gasteiger partial charge is 0.320 e. The molecule has 2 rings (SSSR count). The first-order valence-electron chi connectivity index (χ1n) is 5.91. The molecule has 0 bridgehead atoms. The second-order valence-corrected chi connectivity index (χ2v) is 5.13. The summed E-state index contributed by atoms with van der Waals surface area (Å²) in [5.41, 5.74) is 6.31. The third-order valence-corrected chi connectivity index (χ3v) is 3.06. The quantitative estimate of drug-likeness (QED) is 0.876. The van der Waals surface area contributed by atoms with Gasteiger partial charge in [-0.05, 0) is 46.1 Å². The molecule has 0 fully saturated rings. The number of hydrogen-bond donors (Lipinski definition) is 2. The minimum absolute atomic E-state index is 0.250. The summed E-state index contributed by atoms with van der Waals surface area (Å²) >= 11 is 3.30. The number of aromatic nitrogens is 1. The van der Waals surface area contributed by atoms with Crippen LogP contribution in [-0.4, -0.2) is 22.1 Å². The zero-order valence-electron chi connectivity index (χ0n) is 10.5. The van der Waals surface area contributed by atoms with Crippen molar-refractivity contribution in [2.24, 2.45) is 5.73 Å². The molecule has 1 atom stereocenters. The predicted molar refractivity (Wildman–Crippen MR) is 77.8 cm³/mol. The van der Waals surface area contributed by atoms with E-state index in [1.165, 1.54) is 0 Å². The number of pyridine rings is 1. The molecular weight excluding hydrogens is 324 g/mol. The molecule has 0 aliphatic carbocycles. The highest BCUT2D eigenvalue weighted by atomic mass is 79.9. The van der Waals surface area contributed by atoms with Crippen LogP contribution in [0.15, 0.2) is 47.1 Å². The average Bonchev–Trinajstić information content (AvgIpc) is 2.42. The Bertz CT molecular complexity index is 602. The van der Waals surface area contributed by atoms with Gasteiger partial charge in [-0.25, -0.2) is 4.98 Å². The van der Waals surface area contributed by atoms with Gasteiger partial charge in [0.25, 0.3) is 0 Å². The minimum atomic E-state index is -1.02. The Hall–Kier alpha value is -1.92. The van der Waals surface area contributed by atoms with Gasteiger partial charge < -0.3 is 15.6 Å². The number of nitrogens with two attached hydrogens (primary N) is 1. The zero-order valence-corrected chi connectivity index (χ0v) is 12.1. The van der Waals surface area contributed by atoms with Gasteiger partial charge in [0.15, 0.2) is 0 Å². The molecule has 0 aliphatic rings. The lowest BCUT2D eigenvalue weighted by molar-refractivity contribution is -0.138. The van der Waals surface area contributed by atoms with E-state index in [2.05, 4.69) is 20.9 Å². The molecule has 1 heterocycles. The number of aliphatic carboxylic acids is 1. The predicted octanol–water partition coefficient (Wildman–Crippen LogP) is 2.59. The number of carboxylic acids is 1. The van der Waals surface area contributed by atoms with E-state index < -0.39 is 12.0 Å². The van der Waals surface area contributed by atoms with Crippen LogP contribution in [0.5, 0.6) is 11.6 Å². The van der Waals surface area contributed by atoms with E-state index in [1.807, 2.05) is 12.1 Å². The number of nitrogens with zero attached hydrogens (tertiary/aromatic N) is 1. The molecule has 20 heavy (non-hydrogen) atoms. The molecule has 2 aromatic rings. The molecule has 0 aliphatic heterocycles. The van der Waals surface area contributed by atoms with Gasteiger partial charge in [0.05, 0.1) is 0 Å². The van der Waals surface area contributed by atoms with Crippen molar-refractivity contribution in [2.45, 2.75) is 12.5 Å². The molecule has 0 radical (unpaired) electrons. The van der Waals surface area contributed by atoms with Crippen LogP contribution in [-0.2, 0) is 11.2 Å². The summed E-state index contributed by atoms with van der Waals surface area (Å²) in [6, 6.07) is 9.78. The number of carboxylic acid groups (broad SMARTS) is 1. The molecule has 5 nitrogen and oxygen atoms in total. The molecule has 6 heteroatoms. The van der Waals surface area contributed by atoms with Gasteiger partial charge in [0.2, 0.25) is 5.88 Å². The SMILES string of the molecule is NC(Cc1cccc(Oc2ccc(Br)cn2)c1)C(=O)O. The van der Waals surface area contributed by atoms with Gasteiger partial charge in [-0.3, -0.25) is 4.79 Å². The third-order valence-electron chi connectivity index (χ3n) is 2.59. The van der Waals surface area contributed by atoms with E-state index in [4.69, 9.17) is 15.6 Å². The van der Waals surface area contributed by atoms with Gasteiger partial charge in [-0.2, -0.15) is 0 Å². The molecule has 0 saturated carbocycles. The van der Waals surface area contributed by atoms with Crippen LogP contribution in [0.3, 0.4) is 0 Å². The van der Waals surface area contributed by atoms with Gasteiger partial charge in [-0.1, -0.05) is 12.1 Å². The molecule has 1 aromatic carbocycles.